The Kier molecular flexibility index (Phi) is 4.53. The molecule has 4 nitrogen and oxygen atoms in total. The van der Waals surface area contributed by atoms with Gasteiger partial charge in [0, 0.05) is 13.0 Å². The maximum Gasteiger partial charge on any atom is 0.138 e. The SMILES string of the molecule is CC(C)Cn1ncnc1CC(O)C1CC=CCC1. The van der Waals surface area contributed by atoms with Gasteiger partial charge in [0.15, 0.2) is 0 Å². The Hall–Kier alpha value is -1.16. The molecule has 0 amide bonds. The molecule has 1 aliphatic carbocycles. The number of nitrogens with zero attached hydrogens (tertiary/aromatic N) is 3. The topological polar surface area (TPSA) is 50.9 Å². The van der Waals surface area contributed by atoms with Crippen molar-refractivity contribution in [2.45, 2.75) is 52.2 Å². The van der Waals surface area contributed by atoms with Gasteiger partial charge in [0.1, 0.15) is 12.2 Å². The number of rotatable bonds is 5. The molecule has 0 spiro atoms. The lowest BCUT2D eigenvalue weighted by Crippen LogP contribution is -2.26. The molecule has 0 radical (unpaired) electrons. The van der Waals surface area contributed by atoms with Crippen LogP contribution in [0.2, 0.25) is 0 Å². The van der Waals surface area contributed by atoms with Gasteiger partial charge in [-0.25, -0.2) is 9.67 Å². The van der Waals surface area contributed by atoms with Crippen molar-refractivity contribution in [3.8, 4) is 0 Å². The lowest BCUT2D eigenvalue weighted by Gasteiger charge is -2.23. The van der Waals surface area contributed by atoms with Gasteiger partial charge in [0.25, 0.3) is 0 Å². The first-order chi connectivity index (χ1) is 8.66. The zero-order valence-electron chi connectivity index (χ0n) is 11.3. The minimum Gasteiger partial charge on any atom is -0.392 e. The molecule has 1 heterocycles. The number of aliphatic hydroxyl groups excluding tert-OH is 1. The van der Waals surface area contributed by atoms with Crippen molar-refractivity contribution in [3.05, 3.63) is 24.3 Å². The molecule has 0 fully saturated rings. The molecule has 0 bridgehead atoms. The van der Waals surface area contributed by atoms with Crippen molar-refractivity contribution in [1.82, 2.24) is 14.8 Å². The average molecular weight is 249 g/mol. The van der Waals surface area contributed by atoms with Crippen LogP contribution in [0.5, 0.6) is 0 Å². The molecule has 1 aromatic heterocycles. The van der Waals surface area contributed by atoms with E-state index < -0.39 is 0 Å². The highest BCUT2D eigenvalue weighted by Crippen LogP contribution is 2.23. The van der Waals surface area contributed by atoms with Gasteiger partial charge < -0.3 is 5.11 Å². The van der Waals surface area contributed by atoms with Crippen molar-refractivity contribution in [3.63, 3.8) is 0 Å². The first kappa shape index (κ1) is 13.3. The van der Waals surface area contributed by atoms with Gasteiger partial charge in [-0.1, -0.05) is 26.0 Å². The molecule has 2 atom stereocenters. The van der Waals surface area contributed by atoms with Crippen molar-refractivity contribution < 1.29 is 5.11 Å². The van der Waals surface area contributed by atoms with Gasteiger partial charge in [-0.15, -0.1) is 0 Å². The Morgan fingerprint density at radius 1 is 1.44 bits per heavy atom. The summed E-state index contributed by atoms with van der Waals surface area (Å²) in [6, 6.07) is 0. The third-order valence-corrected chi connectivity index (χ3v) is 3.48. The smallest absolute Gasteiger partial charge is 0.138 e. The highest BCUT2D eigenvalue weighted by Gasteiger charge is 2.21. The van der Waals surface area contributed by atoms with E-state index in [0.29, 0.717) is 18.3 Å². The van der Waals surface area contributed by atoms with Gasteiger partial charge in [0.2, 0.25) is 0 Å². The van der Waals surface area contributed by atoms with E-state index in [1.807, 2.05) is 4.68 Å². The summed E-state index contributed by atoms with van der Waals surface area (Å²) >= 11 is 0. The number of hydrogen-bond acceptors (Lipinski definition) is 3. The summed E-state index contributed by atoms with van der Waals surface area (Å²) in [6.07, 6.45) is 9.43. The van der Waals surface area contributed by atoms with E-state index in [-0.39, 0.29) is 6.10 Å². The minimum atomic E-state index is -0.301. The number of hydrogen-bond donors (Lipinski definition) is 1. The highest BCUT2D eigenvalue weighted by molar-refractivity contribution is 4.96. The van der Waals surface area contributed by atoms with Gasteiger partial charge >= 0.3 is 0 Å². The third kappa shape index (κ3) is 3.42. The molecule has 4 heteroatoms. The van der Waals surface area contributed by atoms with Crippen LogP contribution >= 0.6 is 0 Å². The average Bonchev–Trinajstić information content (AvgIpc) is 2.77. The van der Waals surface area contributed by atoms with Crippen LogP contribution < -0.4 is 0 Å². The maximum atomic E-state index is 10.3. The van der Waals surface area contributed by atoms with Crippen molar-refractivity contribution in [1.29, 1.82) is 0 Å². The van der Waals surface area contributed by atoms with Gasteiger partial charge in [0.05, 0.1) is 6.10 Å². The lowest BCUT2D eigenvalue weighted by atomic mass is 9.88. The minimum absolute atomic E-state index is 0.301. The second-order valence-corrected chi connectivity index (χ2v) is 5.57. The second kappa shape index (κ2) is 6.14. The molecule has 18 heavy (non-hydrogen) atoms. The first-order valence-corrected chi connectivity index (χ1v) is 6.86. The Morgan fingerprint density at radius 2 is 2.28 bits per heavy atom. The van der Waals surface area contributed by atoms with E-state index in [1.165, 1.54) is 0 Å². The summed E-state index contributed by atoms with van der Waals surface area (Å²) in [5.41, 5.74) is 0. The quantitative estimate of drug-likeness (QED) is 0.814. The largest absolute Gasteiger partial charge is 0.392 e. The summed E-state index contributed by atoms with van der Waals surface area (Å²) < 4.78 is 1.92. The third-order valence-electron chi connectivity index (χ3n) is 3.48. The van der Waals surface area contributed by atoms with Gasteiger partial charge in [-0.05, 0) is 31.1 Å². The Morgan fingerprint density at radius 3 is 2.94 bits per heavy atom. The molecule has 0 saturated carbocycles. The Balaban J connectivity index is 1.96. The Labute approximate surface area is 109 Å². The molecule has 2 rings (SSSR count). The zero-order valence-corrected chi connectivity index (χ0v) is 11.3. The van der Waals surface area contributed by atoms with E-state index in [0.717, 1.165) is 31.6 Å². The molecule has 1 aromatic rings. The second-order valence-electron chi connectivity index (χ2n) is 5.57. The molecule has 0 aromatic carbocycles. The van der Waals surface area contributed by atoms with E-state index >= 15 is 0 Å². The number of aromatic nitrogens is 3. The van der Waals surface area contributed by atoms with Crippen LogP contribution in [0.3, 0.4) is 0 Å². The van der Waals surface area contributed by atoms with Crippen LogP contribution in [0.25, 0.3) is 0 Å². The molecule has 2 unspecified atom stereocenters. The molecular weight excluding hydrogens is 226 g/mol. The van der Waals surface area contributed by atoms with Crippen molar-refractivity contribution in [2.24, 2.45) is 11.8 Å². The summed E-state index contributed by atoms with van der Waals surface area (Å²) in [6.45, 7) is 5.19. The standard InChI is InChI=1S/C14H23N3O/c1-11(2)9-17-14(15-10-16-17)8-13(18)12-6-4-3-5-7-12/h3-4,10-13,18H,5-9H2,1-2H3. The van der Waals surface area contributed by atoms with Gasteiger partial charge in [-0.2, -0.15) is 5.10 Å². The molecule has 1 N–H and O–H groups in total. The van der Waals surface area contributed by atoms with Crippen molar-refractivity contribution in [2.75, 3.05) is 0 Å². The fraction of sp³-hybridized carbons (Fsp3) is 0.714. The number of aliphatic hydroxyl groups is 1. The summed E-state index contributed by atoms with van der Waals surface area (Å²) in [5.74, 6) is 1.82. The monoisotopic (exact) mass is 249 g/mol. The lowest BCUT2D eigenvalue weighted by molar-refractivity contribution is 0.0987. The Bertz CT molecular complexity index is 397. The highest BCUT2D eigenvalue weighted by atomic mass is 16.3. The summed E-state index contributed by atoms with van der Waals surface area (Å²) in [4.78, 5) is 4.28. The normalized spacial score (nSPS) is 21.4. The maximum absolute atomic E-state index is 10.3. The van der Waals surface area contributed by atoms with Crippen LogP contribution in [-0.2, 0) is 13.0 Å². The first-order valence-electron chi connectivity index (χ1n) is 6.86. The van der Waals surface area contributed by atoms with Crippen LogP contribution in [0, 0.1) is 11.8 Å². The molecule has 100 valence electrons. The van der Waals surface area contributed by atoms with Crippen molar-refractivity contribution >= 4 is 0 Å². The zero-order chi connectivity index (χ0) is 13.0. The van der Waals surface area contributed by atoms with E-state index in [2.05, 4.69) is 36.1 Å². The summed E-state index contributed by atoms with van der Waals surface area (Å²) in [7, 11) is 0. The summed E-state index contributed by atoms with van der Waals surface area (Å²) in [5, 5.41) is 14.5. The fourth-order valence-electron chi connectivity index (χ4n) is 2.46. The molecule has 0 aliphatic heterocycles. The fourth-order valence-corrected chi connectivity index (χ4v) is 2.46. The van der Waals surface area contributed by atoms with Crippen LogP contribution in [0.15, 0.2) is 18.5 Å². The van der Waals surface area contributed by atoms with E-state index in [4.69, 9.17) is 0 Å². The predicted molar refractivity (Wildman–Crippen MR) is 71.1 cm³/mol. The molecule has 1 aliphatic rings. The van der Waals surface area contributed by atoms with E-state index in [1.54, 1.807) is 6.33 Å². The number of allylic oxidation sites excluding steroid dienone is 2. The molecular formula is C14H23N3O. The van der Waals surface area contributed by atoms with Gasteiger partial charge in [-0.3, -0.25) is 0 Å². The van der Waals surface area contributed by atoms with Crippen LogP contribution in [0.1, 0.15) is 38.9 Å². The van der Waals surface area contributed by atoms with Crippen LogP contribution in [-0.4, -0.2) is 26.0 Å². The predicted octanol–water partition coefficient (Wildman–Crippen LogP) is 2.19. The van der Waals surface area contributed by atoms with E-state index in [9.17, 15) is 5.11 Å². The van der Waals surface area contributed by atoms with Crippen LogP contribution in [0.4, 0.5) is 0 Å². The molecule has 0 saturated heterocycles.